The predicted molar refractivity (Wildman–Crippen MR) is 56.5 cm³/mol. The topological polar surface area (TPSA) is 26.3 Å². The summed E-state index contributed by atoms with van der Waals surface area (Å²) in [6.07, 6.45) is 1.63. The first kappa shape index (κ1) is 10.7. The quantitative estimate of drug-likeness (QED) is 0.405. The van der Waals surface area contributed by atoms with Crippen molar-refractivity contribution in [1.29, 1.82) is 0 Å². The van der Waals surface area contributed by atoms with E-state index in [4.69, 9.17) is 4.74 Å². The smallest absolute Gasteiger partial charge is 0.188 e. The van der Waals surface area contributed by atoms with E-state index in [9.17, 15) is 4.79 Å². The molecule has 0 amide bonds. The highest BCUT2D eigenvalue weighted by Crippen LogP contribution is 2.04. The molecule has 0 bridgehead atoms. The molecule has 2 nitrogen and oxygen atoms in total. The lowest BCUT2D eigenvalue weighted by Gasteiger charge is -2.01. The third-order valence-corrected chi connectivity index (χ3v) is 1.84. The molecular weight excluding hydrogens is 176 g/mol. The second-order valence-electron chi connectivity index (χ2n) is 3.09. The van der Waals surface area contributed by atoms with Crippen LogP contribution in [0.25, 0.3) is 0 Å². The Labute approximate surface area is 84.2 Å². The zero-order chi connectivity index (χ0) is 10.4. The molecule has 1 rings (SSSR count). The van der Waals surface area contributed by atoms with Crippen LogP contribution < -0.4 is 0 Å². The van der Waals surface area contributed by atoms with Gasteiger partial charge >= 0.3 is 0 Å². The van der Waals surface area contributed by atoms with Gasteiger partial charge in [-0.2, -0.15) is 0 Å². The van der Waals surface area contributed by atoms with Gasteiger partial charge in [-0.3, -0.25) is 4.79 Å². The zero-order valence-electron chi connectivity index (χ0n) is 8.32. The predicted octanol–water partition coefficient (Wildman–Crippen LogP) is 2.38. The van der Waals surface area contributed by atoms with E-state index in [1.54, 1.807) is 6.08 Å². The summed E-state index contributed by atoms with van der Waals surface area (Å²) in [4.78, 5) is 11.5. The monoisotopic (exact) mass is 190 g/mol. The van der Waals surface area contributed by atoms with E-state index in [0.29, 0.717) is 12.2 Å². The number of carbonyl (C=O) groups excluding carboxylic acids is 1. The molecule has 0 unspecified atom stereocenters. The van der Waals surface area contributed by atoms with Gasteiger partial charge in [-0.1, -0.05) is 35.9 Å². The molecule has 14 heavy (non-hydrogen) atoms. The summed E-state index contributed by atoms with van der Waals surface area (Å²) >= 11 is 0. The first-order valence-electron chi connectivity index (χ1n) is 4.52. The lowest BCUT2D eigenvalue weighted by molar-refractivity contribution is 0.0806. The third kappa shape index (κ3) is 3.15. The van der Waals surface area contributed by atoms with E-state index in [1.165, 1.54) is 0 Å². The molecule has 0 radical (unpaired) electrons. The number of hydrogen-bond donors (Lipinski definition) is 0. The van der Waals surface area contributed by atoms with Gasteiger partial charge in [-0.05, 0) is 6.92 Å². The Morgan fingerprint density at radius 1 is 1.43 bits per heavy atom. The Hall–Kier alpha value is -1.41. The molecule has 0 aromatic heterocycles. The van der Waals surface area contributed by atoms with E-state index in [0.717, 1.165) is 5.56 Å². The lowest BCUT2D eigenvalue weighted by Crippen LogP contribution is -2.08. The normalized spacial score (nSPS) is 9.79. The van der Waals surface area contributed by atoms with Crippen molar-refractivity contribution in [2.24, 2.45) is 0 Å². The molecule has 0 fully saturated rings. The lowest BCUT2D eigenvalue weighted by atomic mass is 10.1. The molecule has 0 saturated carbocycles. The molecule has 2 heteroatoms. The highest BCUT2D eigenvalue weighted by molar-refractivity contribution is 5.97. The van der Waals surface area contributed by atoms with Crippen LogP contribution in [0.15, 0.2) is 36.9 Å². The molecule has 0 aliphatic carbocycles. The molecule has 0 aliphatic heterocycles. The fourth-order valence-electron chi connectivity index (χ4n) is 1.06. The number of aryl methyl sites for hydroxylation is 1. The second kappa shape index (κ2) is 5.35. The van der Waals surface area contributed by atoms with Crippen LogP contribution in [0.5, 0.6) is 0 Å². The SMILES string of the molecule is C=CCOCC(=O)c1ccc(C)cc1. The van der Waals surface area contributed by atoms with Gasteiger partial charge in [0, 0.05) is 5.56 Å². The molecule has 0 saturated heterocycles. The van der Waals surface area contributed by atoms with Crippen LogP contribution in [-0.2, 0) is 4.74 Å². The van der Waals surface area contributed by atoms with E-state index in [1.807, 2.05) is 31.2 Å². The van der Waals surface area contributed by atoms with Crippen molar-refractivity contribution in [3.8, 4) is 0 Å². The number of ether oxygens (including phenoxy) is 1. The van der Waals surface area contributed by atoms with Crippen LogP contribution in [0.4, 0.5) is 0 Å². The van der Waals surface area contributed by atoms with Gasteiger partial charge in [0.25, 0.3) is 0 Å². The number of Topliss-reactive ketones (excluding diaryl/α,β-unsaturated/α-hetero) is 1. The fraction of sp³-hybridized carbons (Fsp3) is 0.250. The van der Waals surface area contributed by atoms with Crippen molar-refractivity contribution in [3.05, 3.63) is 48.0 Å². The van der Waals surface area contributed by atoms with Crippen molar-refractivity contribution in [2.45, 2.75) is 6.92 Å². The van der Waals surface area contributed by atoms with Gasteiger partial charge in [0.05, 0.1) is 6.61 Å². The van der Waals surface area contributed by atoms with Crippen molar-refractivity contribution in [1.82, 2.24) is 0 Å². The Balaban J connectivity index is 2.52. The Morgan fingerprint density at radius 3 is 2.64 bits per heavy atom. The number of carbonyl (C=O) groups is 1. The molecule has 0 heterocycles. The molecule has 1 aromatic rings. The largest absolute Gasteiger partial charge is 0.369 e. The standard InChI is InChI=1S/C12H14O2/c1-3-8-14-9-12(13)11-6-4-10(2)5-7-11/h3-7H,1,8-9H2,2H3. The van der Waals surface area contributed by atoms with Crippen molar-refractivity contribution in [3.63, 3.8) is 0 Å². The maximum absolute atomic E-state index is 11.5. The summed E-state index contributed by atoms with van der Waals surface area (Å²) in [5, 5.41) is 0. The van der Waals surface area contributed by atoms with Gasteiger partial charge in [-0.25, -0.2) is 0 Å². The minimum Gasteiger partial charge on any atom is -0.369 e. The second-order valence-corrected chi connectivity index (χ2v) is 3.09. The molecule has 0 aliphatic rings. The van der Waals surface area contributed by atoms with Gasteiger partial charge in [0.15, 0.2) is 5.78 Å². The summed E-state index contributed by atoms with van der Waals surface area (Å²) in [5.41, 5.74) is 1.84. The van der Waals surface area contributed by atoms with Crippen molar-refractivity contribution < 1.29 is 9.53 Å². The average molecular weight is 190 g/mol. The van der Waals surface area contributed by atoms with Crippen molar-refractivity contribution >= 4 is 5.78 Å². The fourth-order valence-corrected chi connectivity index (χ4v) is 1.06. The van der Waals surface area contributed by atoms with Crippen LogP contribution in [0.1, 0.15) is 15.9 Å². The van der Waals surface area contributed by atoms with E-state index >= 15 is 0 Å². The Kier molecular flexibility index (Phi) is 4.08. The van der Waals surface area contributed by atoms with Gasteiger partial charge in [0.2, 0.25) is 0 Å². The summed E-state index contributed by atoms with van der Waals surface area (Å²) in [6, 6.07) is 7.46. The zero-order valence-corrected chi connectivity index (χ0v) is 8.32. The number of hydrogen-bond acceptors (Lipinski definition) is 2. The minimum absolute atomic E-state index is 0.00634. The Bertz CT molecular complexity index is 312. The van der Waals surface area contributed by atoms with Gasteiger partial charge in [0.1, 0.15) is 6.61 Å². The maximum Gasteiger partial charge on any atom is 0.188 e. The molecule has 74 valence electrons. The van der Waals surface area contributed by atoms with Crippen LogP contribution in [0, 0.1) is 6.92 Å². The highest BCUT2D eigenvalue weighted by Gasteiger charge is 2.04. The van der Waals surface area contributed by atoms with Crippen LogP contribution in [0.3, 0.4) is 0 Å². The van der Waals surface area contributed by atoms with Crippen LogP contribution in [0.2, 0.25) is 0 Å². The number of ketones is 1. The van der Waals surface area contributed by atoms with E-state index in [-0.39, 0.29) is 12.4 Å². The maximum atomic E-state index is 11.5. The average Bonchev–Trinajstić information content (AvgIpc) is 2.19. The number of benzene rings is 1. The molecule has 1 aromatic carbocycles. The Morgan fingerprint density at radius 2 is 2.07 bits per heavy atom. The van der Waals surface area contributed by atoms with Crippen LogP contribution >= 0.6 is 0 Å². The van der Waals surface area contributed by atoms with Crippen LogP contribution in [-0.4, -0.2) is 19.0 Å². The first-order valence-corrected chi connectivity index (χ1v) is 4.52. The van der Waals surface area contributed by atoms with Gasteiger partial charge < -0.3 is 4.74 Å². The third-order valence-electron chi connectivity index (χ3n) is 1.84. The molecule has 0 spiro atoms. The molecule has 0 atom stereocenters. The highest BCUT2D eigenvalue weighted by atomic mass is 16.5. The summed E-state index contributed by atoms with van der Waals surface area (Å²) in [5.74, 6) is 0.00634. The summed E-state index contributed by atoms with van der Waals surface area (Å²) in [6.45, 7) is 6.03. The first-order chi connectivity index (χ1) is 6.74. The minimum atomic E-state index is 0.00634. The summed E-state index contributed by atoms with van der Waals surface area (Å²) < 4.78 is 5.06. The van der Waals surface area contributed by atoms with E-state index in [2.05, 4.69) is 6.58 Å². The van der Waals surface area contributed by atoms with Gasteiger partial charge in [-0.15, -0.1) is 6.58 Å². The summed E-state index contributed by atoms with van der Waals surface area (Å²) in [7, 11) is 0. The van der Waals surface area contributed by atoms with Crippen molar-refractivity contribution in [2.75, 3.05) is 13.2 Å². The molecule has 0 N–H and O–H groups in total. The number of rotatable bonds is 5. The molecular formula is C12H14O2. The van der Waals surface area contributed by atoms with E-state index < -0.39 is 0 Å².